The molecule has 2 N–H and O–H groups in total. The molecule has 7 nitrogen and oxygen atoms in total. The number of methoxy groups -OCH3 is 1. The molecule has 0 unspecified atom stereocenters. The Morgan fingerprint density at radius 1 is 1.35 bits per heavy atom. The largest absolute Gasteiger partial charge is 0.481 e. The Kier molecular flexibility index (Phi) is 5.35. The number of hydrogen-bond donors (Lipinski definition) is 2. The van der Waals surface area contributed by atoms with E-state index in [1.54, 1.807) is 13.8 Å². The lowest BCUT2D eigenvalue weighted by molar-refractivity contribution is -0.142. The van der Waals surface area contributed by atoms with Gasteiger partial charge >= 0.3 is 18.0 Å². The van der Waals surface area contributed by atoms with Gasteiger partial charge < -0.3 is 20.1 Å². The molecule has 0 spiro atoms. The smallest absolute Gasteiger partial charge is 0.325 e. The molecular weight excluding hydrogens is 264 g/mol. The first-order chi connectivity index (χ1) is 9.29. The summed E-state index contributed by atoms with van der Waals surface area (Å²) in [6, 6.07) is -0.609. The number of esters is 1. The Labute approximate surface area is 118 Å². The van der Waals surface area contributed by atoms with E-state index in [0.717, 1.165) is 6.42 Å². The predicted molar refractivity (Wildman–Crippen MR) is 71.2 cm³/mol. The molecule has 1 aliphatic carbocycles. The van der Waals surface area contributed by atoms with Gasteiger partial charge in [0.15, 0.2) is 0 Å². The molecule has 0 aromatic heterocycles. The van der Waals surface area contributed by atoms with Crippen LogP contribution in [0.4, 0.5) is 4.79 Å². The number of aliphatic carboxylic acids is 1. The summed E-state index contributed by atoms with van der Waals surface area (Å²) in [6.07, 6.45) is 2.10. The zero-order valence-corrected chi connectivity index (χ0v) is 12.1. The van der Waals surface area contributed by atoms with E-state index < -0.39 is 23.5 Å². The van der Waals surface area contributed by atoms with Crippen molar-refractivity contribution in [3.8, 4) is 0 Å². The highest BCUT2D eigenvalue weighted by molar-refractivity contribution is 5.82. The monoisotopic (exact) mass is 286 g/mol. The van der Waals surface area contributed by atoms with Crippen molar-refractivity contribution in [2.45, 2.75) is 51.1 Å². The van der Waals surface area contributed by atoms with Crippen molar-refractivity contribution in [3.63, 3.8) is 0 Å². The topological polar surface area (TPSA) is 95.9 Å². The molecule has 1 aliphatic rings. The van der Waals surface area contributed by atoms with Crippen molar-refractivity contribution in [1.29, 1.82) is 0 Å². The van der Waals surface area contributed by atoms with Crippen molar-refractivity contribution >= 4 is 18.0 Å². The molecule has 0 radical (unpaired) electrons. The first-order valence-electron chi connectivity index (χ1n) is 6.67. The quantitative estimate of drug-likeness (QED) is 0.709. The lowest BCUT2D eigenvalue weighted by atomic mass is 9.74. The fourth-order valence-corrected chi connectivity index (χ4v) is 2.23. The van der Waals surface area contributed by atoms with E-state index in [4.69, 9.17) is 5.11 Å². The molecular formula is C13H22N2O5. The van der Waals surface area contributed by atoms with Gasteiger partial charge in [-0.3, -0.25) is 9.59 Å². The summed E-state index contributed by atoms with van der Waals surface area (Å²) >= 11 is 0. The van der Waals surface area contributed by atoms with Gasteiger partial charge in [-0.2, -0.15) is 0 Å². The fraction of sp³-hybridized carbons (Fsp3) is 0.769. The maximum absolute atomic E-state index is 12.2. The molecule has 114 valence electrons. The summed E-state index contributed by atoms with van der Waals surface area (Å²) in [4.78, 5) is 35.8. The number of carboxylic acids is 1. The summed E-state index contributed by atoms with van der Waals surface area (Å²) < 4.78 is 4.56. The van der Waals surface area contributed by atoms with Gasteiger partial charge in [-0.05, 0) is 33.1 Å². The van der Waals surface area contributed by atoms with Gasteiger partial charge in [0.2, 0.25) is 0 Å². The van der Waals surface area contributed by atoms with Crippen LogP contribution in [-0.4, -0.2) is 53.2 Å². The maximum Gasteiger partial charge on any atom is 0.325 e. The number of ether oxygens (including phenoxy) is 1. The molecule has 0 atom stereocenters. The number of rotatable bonds is 6. The van der Waals surface area contributed by atoms with Crippen molar-refractivity contribution < 1.29 is 24.2 Å². The second kappa shape index (κ2) is 6.58. The minimum atomic E-state index is -0.936. The molecule has 7 heteroatoms. The second-order valence-electron chi connectivity index (χ2n) is 5.43. The summed E-state index contributed by atoms with van der Waals surface area (Å²) in [6.45, 7) is 3.42. The van der Waals surface area contributed by atoms with Crippen LogP contribution in [0.3, 0.4) is 0 Å². The van der Waals surface area contributed by atoms with Gasteiger partial charge in [-0.25, -0.2) is 4.79 Å². The van der Waals surface area contributed by atoms with E-state index in [-0.39, 0.29) is 19.0 Å². The van der Waals surface area contributed by atoms with Crippen molar-refractivity contribution in [2.24, 2.45) is 0 Å². The third kappa shape index (κ3) is 4.11. The lowest BCUT2D eigenvalue weighted by Gasteiger charge is -2.43. The van der Waals surface area contributed by atoms with E-state index in [0.29, 0.717) is 12.8 Å². The number of hydrogen-bond acceptors (Lipinski definition) is 4. The van der Waals surface area contributed by atoms with Crippen LogP contribution in [0.25, 0.3) is 0 Å². The van der Waals surface area contributed by atoms with E-state index >= 15 is 0 Å². The van der Waals surface area contributed by atoms with Crippen LogP contribution >= 0.6 is 0 Å². The van der Waals surface area contributed by atoms with Gasteiger partial charge in [0, 0.05) is 6.04 Å². The van der Waals surface area contributed by atoms with Crippen LogP contribution in [-0.2, 0) is 14.3 Å². The molecule has 0 aliphatic heterocycles. The molecule has 0 aromatic carbocycles. The number of carboxylic acid groups (broad SMARTS) is 1. The van der Waals surface area contributed by atoms with Crippen molar-refractivity contribution in [3.05, 3.63) is 0 Å². The van der Waals surface area contributed by atoms with Gasteiger partial charge in [0.1, 0.15) is 6.54 Å². The third-order valence-corrected chi connectivity index (χ3v) is 3.58. The van der Waals surface area contributed by atoms with Crippen LogP contribution in [0.1, 0.15) is 39.5 Å². The summed E-state index contributed by atoms with van der Waals surface area (Å²) in [5, 5.41) is 11.7. The summed E-state index contributed by atoms with van der Waals surface area (Å²) in [5.41, 5.74) is -0.674. The third-order valence-electron chi connectivity index (χ3n) is 3.58. The van der Waals surface area contributed by atoms with Crippen LogP contribution in [0.2, 0.25) is 0 Å². The molecule has 0 bridgehead atoms. The van der Waals surface area contributed by atoms with Gasteiger partial charge in [0.25, 0.3) is 0 Å². The molecule has 0 saturated heterocycles. The molecule has 0 heterocycles. The number of nitrogens with one attached hydrogen (secondary N) is 1. The predicted octanol–water partition coefficient (Wildman–Crippen LogP) is 0.977. The highest BCUT2D eigenvalue weighted by Gasteiger charge is 2.41. The second-order valence-corrected chi connectivity index (χ2v) is 5.43. The Bertz CT molecular complexity index is 390. The highest BCUT2D eigenvalue weighted by atomic mass is 16.5. The zero-order valence-electron chi connectivity index (χ0n) is 12.1. The van der Waals surface area contributed by atoms with E-state index in [9.17, 15) is 14.4 Å². The average Bonchev–Trinajstić information content (AvgIpc) is 2.31. The van der Waals surface area contributed by atoms with E-state index in [2.05, 4.69) is 10.1 Å². The van der Waals surface area contributed by atoms with Gasteiger partial charge in [0.05, 0.1) is 19.1 Å². The minimum absolute atomic E-state index is 0.0943. The summed E-state index contributed by atoms with van der Waals surface area (Å²) in [7, 11) is 1.26. The van der Waals surface area contributed by atoms with Crippen LogP contribution in [0, 0.1) is 0 Å². The Balaban J connectivity index is 2.70. The van der Waals surface area contributed by atoms with Gasteiger partial charge in [-0.1, -0.05) is 0 Å². The standard InChI is InChI=1S/C13H22N2O5/c1-9(2)15(8-11(18)20-3)12(19)14-13(5-4-6-13)7-10(16)17/h9H,4-8H2,1-3H3,(H,14,19)(H,16,17). The maximum atomic E-state index is 12.2. The first-order valence-corrected chi connectivity index (χ1v) is 6.67. The Morgan fingerprint density at radius 3 is 2.30 bits per heavy atom. The molecule has 0 aromatic rings. The van der Waals surface area contributed by atoms with E-state index in [1.165, 1.54) is 12.0 Å². The number of carbonyl (C=O) groups is 3. The van der Waals surface area contributed by atoms with Crippen LogP contribution in [0.15, 0.2) is 0 Å². The first kappa shape index (κ1) is 16.3. The average molecular weight is 286 g/mol. The zero-order chi connectivity index (χ0) is 15.3. The van der Waals surface area contributed by atoms with Crippen LogP contribution < -0.4 is 5.32 Å². The lowest BCUT2D eigenvalue weighted by Crippen LogP contribution is -2.59. The number of carbonyl (C=O) groups excluding carboxylic acids is 2. The highest BCUT2D eigenvalue weighted by Crippen LogP contribution is 2.35. The number of nitrogens with zero attached hydrogens (tertiary/aromatic N) is 1. The Morgan fingerprint density at radius 2 is 1.95 bits per heavy atom. The normalized spacial score (nSPS) is 16.2. The minimum Gasteiger partial charge on any atom is -0.481 e. The molecule has 2 amide bonds. The molecule has 20 heavy (non-hydrogen) atoms. The fourth-order valence-electron chi connectivity index (χ4n) is 2.23. The number of amides is 2. The van der Waals surface area contributed by atoms with Crippen LogP contribution in [0.5, 0.6) is 0 Å². The summed E-state index contributed by atoms with van der Waals surface area (Å²) in [5.74, 6) is -1.44. The SMILES string of the molecule is COC(=O)CN(C(=O)NC1(CC(=O)O)CCC1)C(C)C. The molecule has 1 rings (SSSR count). The van der Waals surface area contributed by atoms with E-state index in [1.807, 2.05) is 0 Å². The Hall–Kier alpha value is -1.79. The van der Waals surface area contributed by atoms with Gasteiger partial charge in [-0.15, -0.1) is 0 Å². The van der Waals surface area contributed by atoms with Crippen molar-refractivity contribution in [1.82, 2.24) is 10.2 Å². The van der Waals surface area contributed by atoms with Crippen molar-refractivity contribution in [2.75, 3.05) is 13.7 Å². The molecule has 1 fully saturated rings. The number of urea groups is 1. The molecule has 1 saturated carbocycles.